The predicted molar refractivity (Wildman–Crippen MR) is 97.3 cm³/mol. The van der Waals surface area contributed by atoms with E-state index in [1.54, 1.807) is 40.9 Å². The van der Waals surface area contributed by atoms with E-state index in [9.17, 15) is 4.79 Å². The maximum absolute atomic E-state index is 12.6. The van der Waals surface area contributed by atoms with Crippen LogP contribution in [0.25, 0.3) is 0 Å². The van der Waals surface area contributed by atoms with Crippen molar-refractivity contribution in [3.8, 4) is 0 Å². The predicted octanol–water partition coefficient (Wildman–Crippen LogP) is 4.39. The van der Waals surface area contributed by atoms with Crippen LogP contribution < -0.4 is 0 Å². The van der Waals surface area contributed by atoms with Gasteiger partial charge in [0.05, 0.1) is 6.54 Å². The lowest BCUT2D eigenvalue weighted by Gasteiger charge is -2.18. The highest BCUT2D eigenvalue weighted by Crippen LogP contribution is 2.23. The molecule has 3 rings (SSSR count). The highest BCUT2D eigenvalue weighted by Gasteiger charge is 2.25. The van der Waals surface area contributed by atoms with Gasteiger partial charge in [-0.05, 0) is 42.3 Å². The Labute approximate surface area is 145 Å². The average molecular weight is 345 g/mol. The van der Waals surface area contributed by atoms with Gasteiger partial charge in [-0.25, -0.2) is 0 Å². The maximum Gasteiger partial charge on any atom is 0.259 e. The molecule has 0 aliphatic carbocycles. The highest BCUT2D eigenvalue weighted by atomic mass is 35.5. The summed E-state index contributed by atoms with van der Waals surface area (Å²) in [6.07, 6.45) is 0. The van der Waals surface area contributed by atoms with Gasteiger partial charge in [0.1, 0.15) is 0 Å². The summed E-state index contributed by atoms with van der Waals surface area (Å²) in [5.41, 5.74) is 3.17. The average Bonchev–Trinajstić information content (AvgIpc) is 3.02. The minimum Gasteiger partial charge on any atom is -0.286 e. The Bertz CT molecular complexity index is 743. The summed E-state index contributed by atoms with van der Waals surface area (Å²) in [7, 11) is 0. The largest absolute Gasteiger partial charge is 0.286 e. The van der Waals surface area contributed by atoms with Crippen LogP contribution >= 0.6 is 23.4 Å². The van der Waals surface area contributed by atoms with Gasteiger partial charge in [-0.2, -0.15) is 0 Å². The molecule has 2 aromatic carbocycles. The molecule has 5 heteroatoms. The van der Waals surface area contributed by atoms with E-state index in [4.69, 9.17) is 11.6 Å². The molecule has 118 valence electrons. The molecule has 0 N–H and O–H groups in total. The summed E-state index contributed by atoms with van der Waals surface area (Å²) in [5.74, 6) is 0.797. The molecule has 0 fully saturated rings. The number of halogens is 1. The molecule has 2 aromatic rings. The van der Waals surface area contributed by atoms with Crippen molar-refractivity contribution in [2.45, 2.75) is 12.7 Å². The number of aryl methyl sites for hydroxylation is 1. The van der Waals surface area contributed by atoms with Crippen molar-refractivity contribution in [3.05, 3.63) is 70.2 Å². The van der Waals surface area contributed by atoms with Gasteiger partial charge in [0.25, 0.3) is 5.91 Å². The first-order chi connectivity index (χ1) is 11.1. The molecule has 0 unspecified atom stereocenters. The first-order valence-corrected chi connectivity index (χ1v) is 8.81. The molecule has 1 aliphatic rings. The van der Waals surface area contributed by atoms with Gasteiger partial charge in [0.15, 0.2) is 5.17 Å². The van der Waals surface area contributed by atoms with Gasteiger partial charge in [0.2, 0.25) is 0 Å². The molecule has 1 aliphatic heterocycles. The lowest BCUT2D eigenvalue weighted by atomic mass is 10.1. The van der Waals surface area contributed by atoms with Gasteiger partial charge in [-0.1, -0.05) is 47.6 Å². The fraction of sp³-hybridized carbons (Fsp3) is 0.222. The third-order valence-corrected chi connectivity index (χ3v) is 5.07. The molecule has 1 heterocycles. The number of amidine groups is 1. The normalized spacial score (nSPS) is 14.0. The molecular formula is C18H17ClN2OS. The van der Waals surface area contributed by atoms with Crippen molar-refractivity contribution in [3.63, 3.8) is 0 Å². The van der Waals surface area contributed by atoms with Crippen LogP contribution in [-0.4, -0.2) is 29.1 Å². The van der Waals surface area contributed by atoms with E-state index in [1.165, 1.54) is 11.1 Å². The molecule has 3 nitrogen and oxygen atoms in total. The van der Waals surface area contributed by atoms with Gasteiger partial charge in [-0.15, -0.1) is 0 Å². The van der Waals surface area contributed by atoms with Crippen LogP contribution in [-0.2, 0) is 5.75 Å². The zero-order valence-electron chi connectivity index (χ0n) is 12.8. The number of hydrogen-bond donors (Lipinski definition) is 0. The standard InChI is InChI=1S/C18H17ClN2OS/c1-13-4-2-3-5-15(13)12-23-18-20-10-11-21(18)17(22)14-6-8-16(19)9-7-14/h2-9H,10-12H2,1H3. The highest BCUT2D eigenvalue weighted by molar-refractivity contribution is 8.13. The second kappa shape index (κ2) is 7.20. The quantitative estimate of drug-likeness (QED) is 0.827. The van der Waals surface area contributed by atoms with Crippen LogP contribution in [0.4, 0.5) is 0 Å². The van der Waals surface area contributed by atoms with Gasteiger partial charge < -0.3 is 0 Å². The van der Waals surface area contributed by atoms with Gasteiger partial charge >= 0.3 is 0 Å². The minimum absolute atomic E-state index is 0.0183. The van der Waals surface area contributed by atoms with E-state index in [1.807, 2.05) is 12.1 Å². The minimum atomic E-state index is -0.0183. The van der Waals surface area contributed by atoms with Crippen LogP contribution in [0.15, 0.2) is 53.5 Å². The number of carbonyl (C=O) groups is 1. The summed E-state index contributed by atoms with van der Waals surface area (Å²) in [6, 6.07) is 15.3. The Hall–Kier alpha value is -1.78. The molecule has 0 atom stereocenters. The van der Waals surface area contributed by atoms with Gasteiger partial charge in [-0.3, -0.25) is 14.7 Å². The van der Waals surface area contributed by atoms with Crippen molar-refractivity contribution in [2.75, 3.05) is 13.1 Å². The maximum atomic E-state index is 12.6. The molecule has 1 amide bonds. The molecule has 0 saturated carbocycles. The Morgan fingerprint density at radius 1 is 1.22 bits per heavy atom. The number of amides is 1. The Morgan fingerprint density at radius 3 is 2.70 bits per heavy atom. The number of rotatable bonds is 3. The number of carbonyl (C=O) groups excluding carboxylic acids is 1. The summed E-state index contributed by atoms with van der Waals surface area (Å²) >= 11 is 7.50. The fourth-order valence-corrected chi connectivity index (χ4v) is 3.65. The van der Waals surface area contributed by atoms with Crippen molar-refractivity contribution >= 4 is 34.4 Å². The van der Waals surface area contributed by atoms with E-state index in [2.05, 4.69) is 24.0 Å². The van der Waals surface area contributed by atoms with E-state index in [0.717, 1.165) is 10.9 Å². The second-order valence-electron chi connectivity index (χ2n) is 5.34. The van der Waals surface area contributed by atoms with Crippen LogP contribution in [0, 0.1) is 6.92 Å². The molecule has 0 bridgehead atoms. The lowest BCUT2D eigenvalue weighted by molar-refractivity contribution is 0.0860. The van der Waals surface area contributed by atoms with Crippen molar-refractivity contribution in [1.29, 1.82) is 0 Å². The van der Waals surface area contributed by atoms with E-state index < -0.39 is 0 Å². The van der Waals surface area contributed by atoms with Crippen LogP contribution in [0.3, 0.4) is 0 Å². The number of hydrogen-bond acceptors (Lipinski definition) is 3. The number of nitrogens with zero attached hydrogens (tertiary/aromatic N) is 2. The lowest BCUT2D eigenvalue weighted by Crippen LogP contribution is -2.32. The zero-order chi connectivity index (χ0) is 16.2. The second-order valence-corrected chi connectivity index (χ2v) is 6.72. The SMILES string of the molecule is Cc1ccccc1CSC1=NCCN1C(=O)c1ccc(Cl)cc1. The van der Waals surface area contributed by atoms with Crippen molar-refractivity contribution in [2.24, 2.45) is 4.99 Å². The van der Waals surface area contributed by atoms with E-state index in [0.29, 0.717) is 23.7 Å². The molecular weight excluding hydrogens is 328 g/mol. The summed E-state index contributed by atoms with van der Waals surface area (Å²) in [4.78, 5) is 18.9. The number of thioether (sulfide) groups is 1. The molecule has 0 spiro atoms. The zero-order valence-corrected chi connectivity index (χ0v) is 14.4. The van der Waals surface area contributed by atoms with Crippen LogP contribution in [0.1, 0.15) is 21.5 Å². The van der Waals surface area contributed by atoms with Crippen LogP contribution in [0.5, 0.6) is 0 Å². The summed E-state index contributed by atoms with van der Waals surface area (Å²) in [6.45, 7) is 3.40. The summed E-state index contributed by atoms with van der Waals surface area (Å²) < 4.78 is 0. The Kier molecular flexibility index (Phi) is 5.03. The smallest absolute Gasteiger partial charge is 0.259 e. The third-order valence-electron chi connectivity index (χ3n) is 3.76. The topological polar surface area (TPSA) is 32.7 Å². The Balaban J connectivity index is 1.69. The summed E-state index contributed by atoms with van der Waals surface area (Å²) in [5, 5.41) is 1.43. The monoisotopic (exact) mass is 344 g/mol. The first kappa shape index (κ1) is 16.1. The molecule has 0 saturated heterocycles. The molecule has 0 aromatic heterocycles. The number of benzene rings is 2. The molecule has 0 radical (unpaired) electrons. The molecule has 23 heavy (non-hydrogen) atoms. The van der Waals surface area contributed by atoms with E-state index in [-0.39, 0.29) is 5.91 Å². The van der Waals surface area contributed by atoms with Crippen molar-refractivity contribution in [1.82, 2.24) is 4.90 Å². The van der Waals surface area contributed by atoms with Crippen molar-refractivity contribution < 1.29 is 4.79 Å². The van der Waals surface area contributed by atoms with E-state index >= 15 is 0 Å². The number of aliphatic imine (C=N–C) groups is 1. The fourth-order valence-electron chi connectivity index (χ4n) is 2.40. The third kappa shape index (κ3) is 3.77. The van der Waals surface area contributed by atoms with Gasteiger partial charge in [0, 0.05) is 22.9 Å². The van der Waals surface area contributed by atoms with Crippen LogP contribution in [0.2, 0.25) is 5.02 Å². The first-order valence-electron chi connectivity index (χ1n) is 7.44. The Morgan fingerprint density at radius 2 is 1.96 bits per heavy atom.